The maximum Gasteiger partial charge on any atom is 0.158 e. The van der Waals surface area contributed by atoms with Crippen LogP contribution in [0.3, 0.4) is 0 Å². The smallest absolute Gasteiger partial charge is 0.158 e. The van der Waals surface area contributed by atoms with Gasteiger partial charge in [-0.15, -0.1) is 0 Å². The van der Waals surface area contributed by atoms with Gasteiger partial charge in [-0.2, -0.15) is 0 Å². The van der Waals surface area contributed by atoms with Gasteiger partial charge in [0.25, 0.3) is 0 Å². The first-order valence-electron chi connectivity index (χ1n) is 8.07. The summed E-state index contributed by atoms with van der Waals surface area (Å²) in [6.07, 6.45) is 4.69. The van der Waals surface area contributed by atoms with E-state index in [9.17, 15) is 5.11 Å². The Kier molecular flexibility index (Phi) is 7.45. The Morgan fingerprint density at radius 2 is 1.60 bits per heavy atom. The molecule has 0 unspecified atom stereocenters. The highest BCUT2D eigenvalue weighted by molar-refractivity contribution is 4.90. The van der Waals surface area contributed by atoms with Crippen LogP contribution in [0.4, 0.5) is 0 Å². The van der Waals surface area contributed by atoms with Gasteiger partial charge in [0, 0.05) is 32.7 Å². The Morgan fingerprint density at radius 3 is 2.10 bits per heavy atom. The number of hydrogen-bond acceptors (Lipinski definition) is 4. The standard InChI is InChI=1S/C16H33NO3/c1-5-19-14(20-6-2)7-12-17-13-16(18)10-8-15(3,4)9-11-16/h14,17-18H,5-13H2,1-4H3. The second kappa shape index (κ2) is 8.32. The van der Waals surface area contributed by atoms with Crippen molar-refractivity contribution in [3.05, 3.63) is 0 Å². The molecule has 120 valence electrons. The quantitative estimate of drug-likeness (QED) is 0.506. The highest BCUT2D eigenvalue weighted by Crippen LogP contribution is 2.39. The monoisotopic (exact) mass is 287 g/mol. The van der Waals surface area contributed by atoms with E-state index in [1.54, 1.807) is 0 Å². The van der Waals surface area contributed by atoms with Gasteiger partial charge in [-0.25, -0.2) is 0 Å². The van der Waals surface area contributed by atoms with Crippen LogP contribution in [0.2, 0.25) is 0 Å². The number of nitrogens with one attached hydrogen (secondary N) is 1. The molecule has 4 nitrogen and oxygen atoms in total. The summed E-state index contributed by atoms with van der Waals surface area (Å²) in [7, 11) is 0. The maximum atomic E-state index is 10.6. The van der Waals surface area contributed by atoms with E-state index in [0.717, 1.165) is 38.6 Å². The van der Waals surface area contributed by atoms with Crippen molar-refractivity contribution in [1.82, 2.24) is 5.32 Å². The van der Waals surface area contributed by atoms with E-state index >= 15 is 0 Å². The molecule has 0 heterocycles. The molecule has 1 aliphatic carbocycles. The molecule has 0 aromatic heterocycles. The third-order valence-corrected chi connectivity index (χ3v) is 4.25. The molecule has 0 atom stereocenters. The maximum absolute atomic E-state index is 10.6. The molecule has 1 rings (SSSR count). The predicted molar refractivity (Wildman–Crippen MR) is 81.7 cm³/mol. The van der Waals surface area contributed by atoms with Crippen molar-refractivity contribution < 1.29 is 14.6 Å². The van der Waals surface area contributed by atoms with E-state index < -0.39 is 5.60 Å². The number of aliphatic hydroxyl groups is 1. The molecular weight excluding hydrogens is 254 g/mol. The third kappa shape index (κ3) is 6.53. The lowest BCUT2D eigenvalue weighted by Gasteiger charge is -2.40. The van der Waals surface area contributed by atoms with Crippen molar-refractivity contribution >= 4 is 0 Å². The lowest BCUT2D eigenvalue weighted by atomic mass is 9.71. The summed E-state index contributed by atoms with van der Waals surface area (Å²) in [5.41, 5.74) is -0.135. The minimum atomic E-state index is -0.526. The van der Waals surface area contributed by atoms with E-state index in [2.05, 4.69) is 19.2 Å². The molecule has 1 aliphatic rings. The van der Waals surface area contributed by atoms with Gasteiger partial charge in [0.1, 0.15) is 0 Å². The fraction of sp³-hybridized carbons (Fsp3) is 1.00. The summed E-state index contributed by atoms with van der Waals surface area (Å²) >= 11 is 0. The van der Waals surface area contributed by atoms with Gasteiger partial charge in [-0.1, -0.05) is 13.8 Å². The molecule has 1 fully saturated rings. The van der Waals surface area contributed by atoms with Crippen LogP contribution < -0.4 is 5.32 Å². The molecule has 0 aromatic rings. The summed E-state index contributed by atoms with van der Waals surface area (Å²) < 4.78 is 11.0. The van der Waals surface area contributed by atoms with E-state index in [1.807, 2.05) is 13.8 Å². The van der Waals surface area contributed by atoms with E-state index in [-0.39, 0.29) is 6.29 Å². The van der Waals surface area contributed by atoms with Crippen LogP contribution >= 0.6 is 0 Å². The van der Waals surface area contributed by atoms with Crippen molar-refractivity contribution in [2.45, 2.75) is 71.7 Å². The summed E-state index contributed by atoms with van der Waals surface area (Å²) in [5.74, 6) is 0. The summed E-state index contributed by atoms with van der Waals surface area (Å²) in [6.45, 7) is 11.4. The van der Waals surface area contributed by atoms with Gasteiger partial charge in [0.2, 0.25) is 0 Å². The zero-order valence-electron chi connectivity index (χ0n) is 13.7. The van der Waals surface area contributed by atoms with Crippen LogP contribution in [0.5, 0.6) is 0 Å². The third-order valence-electron chi connectivity index (χ3n) is 4.25. The first kappa shape index (κ1) is 17.9. The number of hydrogen-bond donors (Lipinski definition) is 2. The number of rotatable bonds is 9. The molecule has 0 saturated heterocycles. The van der Waals surface area contributed by atoms with Crippen LogP contribution in [-0.2, 0) is 9.47 Å². The summed E-state index contributed by atoms with van der Waals surface area (Å²) in [6, 6.07) is 0. The molecule has 2 N–H and O–H groups in total. The van der Waals surface area contributed by atoms with E-state index in [4.69, 9.17) is 9.47 Å². The van der Waals surface area contributed by atoms with Crippen molar-refractivity contribution in [2.75, 3.05) is 26.3 Å². The Labute approximate surface area is 124 Å². The van der Waals surface area contributed by atoms with Crippen LogP contribution in [0.1, 0.15) is 59.8 Å². The second-order valence-corrected chi connectivity index (χ2v) is 6.69. The molecule has 0 amide bonds. The average Bonchev–Trinajstić information content (AvgIpc) is 2.39. The fourth-order valence-corrected chi connectivity index (χ4v) is 2.70. The molecule has 1 saturated carbocycles. The molecule has 0 bridgehead atoms. The lowest BCUT2D eigenvalue weighted by molar-refractivity contribution is -0.139. The van der Waals surface area contributed by atoms with Crippen LogP contribution in [0.15, 0.2) is 0 Å². The van der Waals surface area contributed by atoms with Gasteiger partial charge in [0.15, 0.2) is 6.29 Å². The Morgan fingerprint density at radius 1 is 1.05 bits per heavy atom. The highest BCUT2D eigenvalue weighted by atomic mass is 16.7. The Hall–Kier alpha value is -0.160. The fourth-order valence-electron chi connectivity index (χ4n) is 2.70. The van der Waals surface area contributed by atoms with Crippen LogP contribution in [0.25, 0.3) is 0 Å². The molecule has 0 radical (unpaired) electrons. The summed E-state index contributed by atoms with van der Waals surface area (Å²) in [4.78, 5) is 0. The average molecular weight is 287 g/mol. The van der Waals surface area contributed by atoms with Gasteiger partial charge in [-0.05, 0) is 44.9 Å². The minimum absolute atomic E-state index is 0.127. The zero-order valence-corrected chi connectivity index (χ0v) is 13.7. The van der Waals surface area contributed by atoms with Gasteiger partial charge in [-0.3, -0.25) is 0 Å². The van der Waals surface area contributed by atoms with Gasteiger partial charge < -0.3 is 19.9 Å². The Balaban J connectivity index is 2.20. The van der Waals surface area contributed by atoms with Crippen molar-refractivity contribution in [3.63, 3.8) is 0 Å². The molecule has 0 aromatic carbocycles. The van der Waals surface area contributed by atoms with Crippen molar-refractivity contribution in [2.24, 2.45) is 5.41 Å². The Bertz CT molecular complexity index is 252. The largest absolute Gasteiger partial charge is 0.389 e. The van der Waals surface area contributed by atoms with Gasteiger partial charge >= 0.3 is 0 Å². The number of ether oxygens (including phenoxy) is 2. The topological polar surface area (TPSA) is 50.7 Å². The first-order chi connectivity index (χ1) is 9.41. The molecule has 20 heavy (non-hydrogen) atoms. The van der Waals surface area contributed by atoms with Crippen LogP contribution in [-0.4, -0.2) is 43.3 Å². The molecular formula is C16H33NO3. The zero-order chi connectivity index (χ0) is 15.1. The van der Waals surface area contributed by atoms with Crippen molar-refractivity contribution in [3.8, 4) is 0 Å². The highest BCUT2D eigenvalue weighted by Gasteiger charge is 2.36. The van der Waals surface area contributed by atoms with Crippen LogP contribution in [0, 0.1) is 5.41 Å². The van der Waals surface area contributed by atoms with E-state index in [0.29, 0.717) is 25.2 Å². The SMILES string of the molecule is CCOC(CCNCC1(O)CCC(C)(C)CC1)OCC. The lowest BCUT2D eigenvalue weighted by Crippen LogP contribution is -2.45. The second-order valence-electron chi connectivity index (χ2n) is 6.69. The molecule has 4 heteroatoms. The van der Waals surface area contributed by atoms with Crippen molar-refractivity contribution in [1.29, 1.82) is 0 Å². The van der Waals surface area contributed by atoms with Gasteiger partial charge in [0.05, 0.1) is 5.60 Å². The predicted octanol–water partition coefficient (Wildman–Crippen LogP) is 2.70. The molecule has 0 spiro atoms. The minimum Gasteiger partial charge on any atom is -0.389 e. The normalized spacial score (nSPS) is 21.3. The summed E-state index contributed by atoms with van der Waals surface area (Å²) in [5, 5.41) is 13.9. The van der Waals surface area contributed by atoms with E-state index in [1.165, 1.54) is 0 Å². The first-order valence-corrected chi connectivity index (χ1v) is 8.07. The molecule has 0 aliphatic heterocycles.